The second-order valence-electron chi connectivity index (χ2n) is 5.35. The lowest BCUT2D eigenvalue weighted by molar-refractivity contribution is 0.0766. The van der Waals surface area contributed by atoms with E-state index in [0.29, 0.717) is 31.3 Å². The number of carbonyl (C=O) groups is 1. The van der Waals surface area contributed by atoms with E-state index in [9.17, 15) is 4.79 Å². The minimum Gasteiger partial charge on any atom is -0.493 e. The Morgan fingerprint density at radius 1 is 1.48 bits per heavy atom. The highest BCUT2D eigenvalue weighted by Gasteiger charge is 2.16. The Morgan fingerprint density at radius 3 is 2.95 bits per heavy atom. The van der Waals surface area contributed by atoms with Gasteiger partial charge in [0.25, 0.3) is 5.91 Å². The van der Waals surface area contributed by atoms with Gasteiger partial charge in [-0.2, -0.15) is 0 Å². The van der Waals surface area contributed by atoms with Gasteiger partial charge in [0, 0.05) is 25.4 Å². The van der Waals surface area contributed by atoms with Crippen molar-refractivity contribution in [3.05, 3.63) is 24.0 Å². The molecule has 1 N–H and O–H groups in total. The summed E-state index contributed by atoms with van der Waals surface area (Å²) < 4.78 is 5.77. The monoisotopic (exact) mass is 291 g/mol. The van der Waals surface area contributed by atoms with E-state index in [1.54, 1.807) is 17.2 Å². The quantitative estimate of drug-likeness (QED) is 0.834. The largest absolute Gasteiger partial charge is 0.493 e. The fraction of sp³-hybridized carbons (Fsp3) is 0.625. The Bertz CT molecular complexity index is 455. The van der Waals surface area contributed by atoms with Crippen molar-refractivity contribution in [2.24, 2.45) is 5.92 Å². The van der Waals surface area contributed by atoms with Crippen LogP contribution in [0.4, 0.5) is 0 Å². The van der Waals surface area contributed by atoms with Crippen LogP contribution >= 0.6 is 0 Å². The Balaban J connectivity index is 1.89. The summed E-state index contributed by atoms with van der Waals surface area (Å²) in [6.45, 7) is 8.21. The van der Waals surface area contributed by atoms with Gasteiger partial charge in [0.15, 0.2) is 0 Å². The minimum atomic E-state index is -0.0366. The molecule has 1 atom stereocenters. The lowest BCUT2D eigenvalue weighted by Crippen LogP contribution is -2.31. The van der Waals surface area contributed by atoms with E-state index in [2.05, 4.69) is 10.3 Å². The predicted molar refractivity (Wildman–Crippen MR) is 82.6 cm³/mol. The minimum absolute atomic E-state index is 0.0366. The van der Waals surface area contributed by atoms with E-state index < -0.39 is 0 Å². The molecular formula is C16H25N3O2. The first-order valence-electron chi connectivity index (χ1n) is 7.83. The van der Waals surface area contributed by atoms with Crippen LogP contribution in [0.25, 0.3) is 0 Å². The molecule has 1 fully saturated rings. The van der Waals surface area contributed by atoms with Crippen molar-refractivity contribution in [2.45, 2.75) is 26.7 Å². The summed E-state index contributed by atoms with van der Waals surface area (Å²) in [5, 5.41) is 3.35. The molecule has 5 heteroatoms. The van der Waals surface area contributed by atoms with Crippen LogP contribution in [0.15, 0.2) is 18.3 Å². The van der Waals surface area contributed by atoms with Gasteiger partial charge in [-0.3, -0.25) is 9.78 Å². The van der Waals surface area contributed by atoms with Crippen molar-refractivity contribution in [3.63, 3.8) is 0 Å². The van der Waals surface area contributed by atoms with Gasteiger partial charge in [0.2, 0.25) is 0 Å². The molecule has 5 nitrogen and oxygen atoms in total. The van der Waals surface area contributed by atoms with E-state index in [1.807, 2.05) is 19.9 Å². The highest BCUT2D eigenvalue weighted by molar-refractivity contribution is 5.92. The molecule has 0 aliphatic carbocycles. The predicted octanol–water partition coefficient (Wildman–Crippen LogP) is 1.94. The van der Waals surface area contributed by atoms with Gasteiger partial charge in [0.1, 0.15) is 11.4 Å². The number of nitrogens with one attached hydrogen (secondary N) is 1. The van der Waals surface area contributed by atoms with Crippen molar-refractivity contribution in [1.82, 2.24) is 15.2 Å². The molecule has 1 aromatic heterocycles. The molecule has 0 bridgehead atoms. The van der Waals surface area contributed by atoms with E-state index in [1.165, 1.54) is 6.42 Å². The normalized spacial score (nSPS) is 17.7. The standard InChI is InChI=1S/C16H25N3O2/c1-3-19(4-2)16(20)15-11-14(6-9-18-15)21-10-7-13-5-8-17-12-13/h6,9,11,13,17H,3-5,7-8,10,12H2,1-2H3. The fourth-order valence-electron chi connectivity index (χ4n) is 2.59. The molecule has 0 radical (unpaired) electrons. The van der Waals surface area contributed by atoms with E-state index in [-0.39, 0.29) is 5.91 Å². The van der Waals surface area contributed by atoms with Gasteiger partial charge in [0.05, 0.1) is 6.61 Å². The van der Waals surface area contributed by atoms with Crippen LogP contribution in [-0.4, -0.2) is 48.6 Å². The van der Waals surface area contributed by atoms with Crippen molar-refractivity contribution >= 4 is 5.91 Å². The highest BCUT2D eigenvalue weighted by atomic mass is 16.5. The summed E-state index contributed by atoms with van der Waals surface area (Å²) >= 11 is 0. The molecule has 21 heavy (non-hydrogen) atoms. The zero-order chi connectivity index (χ0) is 15.1. The average molecular weight is 291 g/mol. The van der Waals surface area contributed by atoms with E-state index in [0.717, 1.165) is 25.3 Å². The third kappa shape index (κ3) is 4.43. The first-order valence-corrected chi connectivity index (χ1v) is 7.83. The van der Waals surface area contributed by atoms with Crippen LogP contribution in [0.3, 0.4) is 0 Å². The lowest BCUT2D eigenvalue weighted by atomic mass is 10.1. The molecule has 1 aromatic rings. The molecule has 1 unspecified atom stereocenters. The van der Waals surface area contributed by atoms with Crippen molar-refractivity contribution < 1.29 is 9.53 Å². The average Bonchev–Trinajstić information content (AvgIpc) is 3.02. The molecule has 1 amide bonds. The molecule has 0 spiro atoms. The Labute approximate surface area is 126 Å². The smallest absolute Gasteiger partial charge is 0.272 e. The molecule has 2 rings (SSSR count). The Hall–Kier alpha value is -1.62. The maximum Gasteiger partial charge on any atom is 0.272 e. The Kier molecular flexibility index (Phi) is 5.99. The molecule has 0 saturated carbocycles. The zero-order valence-corrected chi connectivity index (χ0v) is 13.0. The number of hydrogen-bond acceptors (Lipinski definition) is 4. The molecule has 116 valence electrons. The summed E-state index contributed by atoms with van der Waals surface area (Å²) in [4.78, 5) is 18.2. The van der Waals surface area contributed by atoms with Gasteiger partial charge >= 0.3 is 0 Å². The first-order chi connectivity index (χ1) is 10.2. The van der Waals surface area contributed by atoms with Crippen LogP contribution in [0, 0.1) is 5.92 Å². The Morgan fingerprint density at radius 2 is 2.29 bits per heavy atom. The van der Waals surface area contributed by atoms with Crippen molar-refractivity contribution in [1.29, 1.82) is 0 Å². The number of pyridine rings is 1. The number of amides is 1. The van der Waals surface area contributed by atoms with Crippen molar-refractivity contribution in [2.75, 3.05) is 32.8 Å². The number of ether oxygens (including phenoxy) is 1. The number of aromatic nitrogens is 1. The summed E-state index contributed by atoms with van der Waals surface area (Å²) in [5.41, 5.74) is 0.457. The van der Waals surface area contributed by atoms with E-state index in [4.69, 9.17) is 4.74 Å². The second-order valence-corrected chi connectivity index (χ2v) is 5.35. The third-order valence-electron chi connectivity index (χ3n) is 3.96. The molecular weight excluding hydrogens is 266 g/mol. The number of rotatable bonds is 7. The molecule has 2 heterocycles. The summed E-state index contributed by atoms with van der Waals surface area (Å²) in [6, 6.07) is 3.56. The van der Waals surface area contributed by atoms with Crippen LogP contribution < -0.4 is 10.1 Å². The van der Waals surface area contributed by atoms with E-state index >= 15 is 0 Å². The fourth-order valence-corrected chi connectivity index (χ4v) is 2.59. The van der Waals surface area contributed by atoms with Crippen LogP contribution in [0.1, 0.15) is 37.2 Å². The molecule has 1 saturated heterocycles. The van der Waals surface area contributed by atoms with Gasteiger partial charge in [-0.25, -0.2) is 0 Å². The number of nitrogens with zero attached hydrogens (tertiary/aromatic N) is 2. The van der Waals surface area contributed by atoms with Crippen LogP contribution in [-0.2, 0) is 0 Å². The topological polar surface area (TPSA) is 54.5 Å². The number of carbonyl (C=O) groups excluding carboxylic acids is 1. The van der Waals surface area contributed by atoms with Gasteiger partial charge in [-0.1, -0.05) is 0 Å². The first kappa shape index (κ1) is 15.8. The zero-order valence-electron chi connectivity index (χ0n) is 13.0. The highest BCUT2D eigenvalue weighted by Crippen LogP contribution is 2.16. The summed E-state index contributed by atoms with van der Waals surface area (Å²) in [7, 11) is 0. The summed E-state index contributed by atoms with van der Waals surface area (Å²) in [5.74, 6) is 1.40. The SMILES string of the molecule is CCN(CC)C(=O)c1cc(OCCC2CCNC2)ccn1. The molecule has 0 aromatic carbocycles. The second kappa shape index (κ2) is 7.98. The van der Waals surface area contributed by atoms with Crippen molar-refractivity contribution in [3.8, 4) is 5.75 Å². The third-order valence-corrected chi connectivity index (χ3v) is 3.96. The summed E-state index contributed by atoms with van der Waals surface area (Å²) in [6.07, 6.45) is 3.92. The maximum atomic E-state index is 12.2. The van der Waals surface area contributed by atoms with Gasteiger partial charge in [-0.15, -0.1) is 0 Å². The van der Waals surface area contributed by atoms with Crippen LogP contribution in [0.5, 0.6) is 5.75 Å². The van der Waals surface area contributed by atoms with Crippen LogP contribution in [0.2, 0.25) is 0 Å². The molecule has 1 aliphatic rings. The maximum absolute atomic E-state index is 12.2. The molecule has 1 aliphatic heterocycles. The van der Waals surface area contributed by atoms with Gasteiger partial charge < -0.3 is 15.0 Å². The lowest BCUT2D eigenvalue weighted by Gasteiger charge is -2.18. The number of hydrogen-bond donors (Lipinski definition) is 1. The van der Waals surface area contributed by atoms with Gasteiger partial charge in [-0.05, 0) is 51.8 Å².